The Hall–Kier alpha value is -4.49. The number of nitrogens with zero attached hydrogens (tertiary/aromatic N) is 7. The van der Waals surface area contributed by atoms with Gasteiger partial charge in [-0.2, -0.15) is 5.10 Å². The lowest BCUT2D eigenvalue weighted by molar-refractivity contribution is -0.0592. The van der Waals surface area contributed by atoms with Gasteiger partial charge >= 0.3 is 5.97 Å². The van der Waals surface area contributed by atoms with Crippen molar-refractivity contribution < 1.29 is 27.8 Å². The van der Waals surface area contributed by atoms with Crippen LogP contribution in [0.2, 0.25) is 0 Å². The zero-order chi connectivity index (χ0) is 34.1. The largest absolute Gasteiger partial charge is 0.471 e. The highest BCUT2D eigenvalue weighted by molar-refractivity contribution is 5.94. The van der Waals surface area contributed by atoms with Crippen molar-refractivity contribution in [3.63, 3.8) is 0 Å². The van der Waals surface area contributed by atoms with Gasteiger partial charge < -0.3 is 18.8 Å². The number of pyridine rings is 2. The summed E-state index contributed by atoms with van der Waals surface area (Å²) in [5, 5.41) is 4.73. The molecule has 0 N–H and O–H groups in total. The molecular weight excluding hydrogens is 632 g/mol. The third kappa shape index (κ3) is 7.73. The SMILES string of the molecule is CC(C)(C)OC(=O)c1ccc2nc(CN3CCC(c4cccc(OCc5ccc6cnn(CC(F)F)c6n5)n4)CC3)n(CC3CCO3)c2c1. The first-order valence-corrected chi connectivity index (χ1v) is 16.8. The smallest absolute Gasteiger partial charge is 0.338 e. The van der Waals surface area contributed by atoms with Crippen LogP contribution < -0.4 is 4.74 Å². The molecule has 0 amide bonds. The van der Waals surface area contributed by atoms with Gasteiger partial charge in [0.25, 0.3) is 6.43 Å². The van der Waals surface area contributed by atoms with Crippen LogP contribution in [0.25, 0.3) is 22.1 Å². The molecule has 13 heteroatoms. The molecule has 1 unspecified atom stereocenters. The van der Waals surface area contributed by atoms with Crippen molar-refractivity contribution in [3.05, 3.63) is 77.5 Å². The molecule has 4 aromatic heterocycles. The van der Waals surface area contributed by atoms with Crippen LogP contribution in [0.3, 0.4) is 0 Å². The van der Waals surface area contributed by atoms with Crippen molar-refractivity contribution in [3.8, 4) is 5.88 Å². The normalized spacial score (nSPS) is 17.6. The van der Waals surface area contributed by atoms with Crippen molar-refractivity contribution in [2.75, 3.05) is 19.7 Å². The Kier molecular flexibility index (Phi) is 9.29. The zero-order valence-electron chi connectivity index (χ0n) is 28.0. The standard InChI is InChI=1S/C36H41F2N7O4/c1-36(2,3)49-35(46)24-8-10-29-30(17-24)44(19-27-13-16-47-27)32(41-29)21-43-14-11-23(12-15-43)28-5-4-6-33(42-28)48-22-26-9-7-25-18-39-45(20-31(37)38)34(25)40-26/h4-10,17-18,23,27,31H,11-16,19-22H2,1-3H3. The monoisotopic (exact) mass is 673 g/mol. The van der Waals surface area contributed by atoms with E-state index >= 15 is 0 Å². The van der Waals surface area contributed by atoms with Crippen LogP contribution in [-0.4, -0.2) is 78.0 Å². The molecule has 49 heavy (non-hydrogen) atoms. The molecule has 2 saturated heterocycles. The number of imidazole rings is 1. The minimum atomic E-state index is -2.51. The number of aromatic nitrogens is 6. The van der Waals surface area contributed by atoms with Gasteiger partial charge in [0, 0.05) is 29.7 Å². The molecule has 0 saturated carbocycles. The van der Waals surface area contributed by atoms with Crippen molar-refractivity contribution in [1.82, 2.24) is 34.2 Å². The van der Waals surface area contributed by atoms with Crippen LogP contribution in [-0.2, 0) is 35.7 Å². The Morgan fingerprint density at radius 3 is 2.59 bits per heavy atom. The van der Waals surface area contributed by atoms with E-state index in [9.17, 15) is 13.6 Å². The number of carbonyl (C=O) groups is 1. The third-order valence-electron chi connectivity index (χ3n) is 8.98. The van der Waals surface area contributed by atoms with E-state index in [0.717, 1.165) is 61.5 Å². The summed E-state index contributed by atoms with van der Waals surface area (Å²) >= 11 is 0. The lowest BCUT2D eigenvalue weighted by Crippen LogP contribution is -2.35. The lowest BCUT2D eigenvalue weighted by atomic mass is 9.93. The molecule has 2 aliphatic heterocycles. The van der Waals surface area contributed by atoms with Gasteiger partial charge in [-0.05, 0) is 89.5 Å². The van der Waals surface area contributed by atoms with Crippen molar-refractivity contribution in [2.45, 2.75) is 90.3 Å². The van der Waals surface area contributed by atoms with Crippen LogP contribution in [0.1, 0.15) is 73.5 Å². The van der Waals surface area contributed by atoms with Gasteiger partial charge in [0.15, 0.2) is 5.65 Å². The fraction of sp³-hybridized carbons (Fsp3) is 0.472. The van der Waals surface area contributed by atoms with E-state index in [-0.39, 0.29) is 24.6 Å². The van der Waals surface area contributed by atoms with Crippen LogP contribution >= 0.6 is 0 Å². The number of esters is 1. The van der Waals surface area contributed by atoms with Gasteiger partial charge in [-0.15, -0.1) is 0 Å². The number of carbonyl (C=O) groups excluding carboxylic acids is 1. The van der Waals surface area contributed by atoms with Crippen molar-refractivity contribution in [1.29, 1.82) is 0 Å². The molecule has 0 bridgehead atoms. The number of hydrogen-bond acceptors (Lipinski definition) is 9. The van der Waals surface area contributed by atoms with E-state index in [2.05, 4.69) is 19.5 Å². The Morgan fingerprint density at radius 2 is 1.86 bits per heavy atom. The predicted molar refractivity (Wildman–Crippen MR) is 179 cm³/mol. The third-order valence-corrected chi connectivity index (χ3v) is 8.98. The van der Waals surface area contributed by atoms with E-state index in [1.54, 1.807) is 6.07 Å². The van der Waals surface area contributed by atoms with Crippen LogP contribution in [0.5, 0.6) is 5.88 Å². The summed E-state index contributed by atoms with van der Waals surface area (Å²) in [6.07, 6.45) is 2.05. The van der Waals surface area contributed by atoms with Crippen LogP contribution in [0.15, 0.2) is 54.7 Å². The zero-order valence-corrected chi connectivity index (χ0v) is 28.0. The highest BCUT2D eigenvalue weighted by Gasteiger charge is 2.27. The number of fused-ring (bicyclic) bond motifs is 2. The van der Waals surface area contributed by atoms with Gasteiger partial charge in [0.05, 0.1) is 47.7 Å². The number of piperidine rings is 1. The minimum absolute atomic E-state index is 0.139. The molecule has 0 spiro atoms. The second kappa shape index (κ2) is 13.8. The second-order valence-corrected chi connectivity index (χ2v) is 13.8. The molecule has 5 aromatic rings. The Bertz CT molecular complexity index is 1940. The highest BCUT2D eigenvalue weighted by atomic mass is 19.3. The van der Waals surface area contributed by atoms with E-state index in [1.165, 1.54) is 10.9 Å². The fourth-order valence-corrected chi connectivity index (χ4v) is 6.40. The maximum Gasteiger partial charge on any atom is 0.338 e. The Balaban J connectivity index is 0.994. The van der Waals surface area contributed by atoms with Gasteiger partial charge in [-0.25, -0.2) is 33.2 Å². The molecule has 11 nitrogen and oxygen atoms in total. The number of halogens is 2. The average Bonchev–Trinajstić information content (AvgIpc) is 3.60. The number of benzene rings is 1. The van der Waals surface area contributed by atoms with E-state index in [4.69, 9.17) is 24.2 Å². The molecule has 258 valence electrons. The van der Waals surface area contributed by atoms with Gasteiger partial charge in [0.2, 0.25) is 5.88 Å². The van der Waals surface area contributed by atoms with Crippen molar-refractivity contribution >= 4 is 28.0 Å². The lowest BCUT2D eigenvalue weighted by Gasteiger charge is -2.32. The summed E-state index contributed by atoms with van der Waals surface area (Å²) in [5.41, 5.74) is 3.71. The fourth-order valence-electron chi connectivity index (χ4n) is 6.40. The topological polar surface area (TPSA) is 109 Å². The van der Waals surface area contributed by atoms with Crippen LogP contribution in [0, 0.1) is 0 Å². The van der Waals surface area contributed by atoms with Gasteiger partial charge in [-0.3, -0.25) is 4.90 Å². The first kappa shape index (κ1) is 33.0. The first-order chi connectivity index (χ1) is 23.6. The molecule has 7 rings (SSSR count). The molecule has 0 aliphatic carbocycles. The Morgan fingerprint density at radius 1 is 1.04 bits per heavy atom. The second-order valence-electron chi connectivity index (χ2n) is 13.8. The summed E-state index contributed by atoms with van der Waals surface area (Å²) < 4.78 is 46.7. The Labute approximate surface area is 283 Å². The minimum Gasteiger partial charge on any atom is -0.471 e. The molecular formula is C36H41F2N7O4. The summed E-state index contributed by atoms with van der Waals surface area (Å²) in [4.78, 5) is 29.6. The van der Waals surface area contributed by atoms with E-state index in [1.807, 2.05) is 63.2 Å². The molecule has 2 aliphatic rings. The number of rotatable bonds is 11. The molecule has 6 heterocycles. The van der Waals surface area contributed by atoms with Crippen LogP contribution in [0.4, 0.5) is 8.78 Å². The maximum atomic E-state index is 12.9. The van der Waals surface area contributed by atoms with Gasteiger partial charge in [0.1, 0.15) is 24.6 Å². The maximum absolute atomic E-state index is 12.9. The number of hydrogen-bond donors (Lipinski definition) is 0. The van der Waals surface area contributed by atoms with E-state index < -0.39 is 18.6 Å². The number of alkyl halides is 2. The molecule has 1 aromatic carbocycles. The molecule has 1 atom stereocenters. The summed E-state index contributed by atoms with van der Waals surface area (Å²) in [7, 11) is 0. The summed E-state index contributed by atoms with van der Waals surface area (Å²) in [6.45, 7) is 9.19. The summed E-state index contributed by atoms with van der Waals surface area (Å²) in [5.74, 6) is 1.41. The predicted octanol–water partition coefficient (Wildman–Crippen LogP) is 6.14. The average molecular weight is 674 g/mol. The first-order valence-electron chi connectivity index (χ1n) is 16.8. The highest BCUT2D eigenvalue weighted by Crippen LogP contribution is 2.30. The number of ether oxygens (including phenoxy) is 3. The van der Waals surface area contributed by atoms with Gasteiger partial charge in [-0.1, -0.05) is 6.07 Å². The van der Waals surface area contributed by atoms with Crippen molar-refractivity contribution in [2.24, 2.45) is 0 Å². The summed E-state index contributed by atoms with van der Waals surface area (Å²) in [6, 6.07) is 15.0. The van der Waals surface area contributed by atoms with E-state index in [0.29, 0.717) is 41.3 Å². The quantitative estimate of drug-likeness (QED) is 0.153. The molecule has 0 radical (unpaired) electrons. The molecule has 2 fully saturated rings. The number of likely N-dealkylation sites (tertiary alicyclic amines) is 1.